The van der Waals surface area contributed by atoms with E-state index in [2.05, 4.69) is 13.5 Å². The summed E-state index contributed by atoms with van der Waals surface area (Å²) in [5, 5.41) is 0.357. The molecule has 0 bridgehead atoms. The average Bonchev–Trinajstić information content (AvgIpc) is 2.70. The van der Waals surface area contributed by atoms with Crippen molar-refractivity contribution >= 4 is 23.8 Å². The molecule has 1 rings (SSSR count). The number of allylic oxidation sites excluding steroid dienone is 5. The highest BCUT2D eigenvalue weighted by molar-refractivity contribution is 7.99. The van der Waals surface area contributed by atoms with E-state index in [4.69, 9.17) is 4.74 Å². The highest BCUT2D eigenvalue weighted by Crippen LogP contribution is 2.19. The van der Waals surface area contributed by atoms with Crippen LogP contribution in [0.3, 0.4) is 0 Å². The van der Waals surface area contributed by atoms with Gasteiger partial charge >= 0.3 is 6.09 Å². The number of likely N-dealkylation sites (N-methyl/N-ethyl adjacent to an activating group) is 1. The minimum absolute atomic E-state index is 0.0476. The predicted molar refractivity (Wildman–Crippen MR) is 82.3 cm³/mol. The molecule has 4 nitrogen and oxygen atoms in total. The Morgan fingerprint density at radius 3 is 2.70 bits per heavy atom. The summed E-state index contributed by atoms with van der Waals surface area (Å²) in [6.45, 7) is 7.73. The van der Waals surface area contributed by atoms with E-state index in [1.807, 2.05) is 18.4 Å². The van der Waals surface area contributed by atoms with Crippen LogP contribution in [0.5, 0.6) is 0 Å². The number of amides is 2. The zero-order valence-corrected chi connectivity index (χ0v) is 12.8. The van der Waals surface area contributed by atoms with Gasteiger partial charge in [0, 0.05) is 11.8 Å². The second-order valence-corrected chi connectivity index (χ2v) is 5.34. The van der Waals surface area contributed by atoms with Crippen molar-refractivity contribution in [2.75, 3.05) is 12.8 Å². The van der Waals surface area contributed by atoms with Crippen molar-refractivity contribution in [1.82, 2.24) is 4.90 Å². The number of cyclic esters (lactones) is 1. The van der Waals surface area contributed by atoms with Gasteiger partial charge in [-0.3, -0.25) is 4.79 Å². The first-order valence-electron chi connectivity index (χ1n) is 6.32. The number of ether oxygens (including phenoxy) is 1. The zero-order valence-electron chi connectivity index (χ0n) is 12.0. The van der Waals surface area contributed by atoms with E-state index < -0.39 is 12.0 Å². The molecule has 1 fully saturated rings. The Kier molecular flexibility index (Phi) is 6.31. The molecular weight excluding hydrogens is 274 g/mol. The van der Waals surface area contributed by atoms with E-state index in [1.165, 1.54) is 0 Å². The summed E-state index contributed by atoms with van der Waals surface area (Å²) in [5.74, 6) is -0.356. The molecule has 0 saturated carbocycles. The van der Waals surface area contributed by atoms with Crippen LogP contribution in [-0.4, -0.2) is 35.0 Å². The minimum Gasteiger partial charge on any atom is -0.404 e. The molecule has 108 valence electrons. The summed E-state index contributed by atoms with van der Waals surface area (Å²) < 4.78 is 4.97. The van der Waals surface area contributed by atoms with Gasteiger partial charge in [-0.1, -0.05) is 30.9 Å². The fourth-order valence-corrected chi connectivity index (χ4v) is 1.77. The molecule has 0 aromatic carbocycles. The van der Waals surface area contributed by atoms with E-state index >= 15 is 0 Å². The Hall–Kier alpha value is -1.75. The van der Waals surface area contributed by atoms with E-state index in [9.17, 15) is 9.59 Å². The number of rotatable bonds is 6. The molecule has 1 atom stereocenters. The lowest BCUT2D eigenvalue weighted by molar-refractivity contribution is -0.123. The number of imide groups is 1. The fraction of sp³-hybridized carbons (Fsp3) is 0.333. The third-order valence-electron chi connectivity index (χ3n) is 2.73. The molecule has 0 aliphatic carbocycles. The zero-order chi connectivity index (χ0) is 15.1. The Morgan fingerprint density at radius 1 is 1.50 bits per heavy atom. The lowest BCUT2D eigenvalue weighted by Gasteiger charge is -2.03. The van der Waals surface area contributed by atoms with E-state index in [1.54, 1.807) is 36.9 Å². The lowest BCUT2D eigenvalue weighted by atomic mass is 10.2. The van der Waals surface area contributed by atoms with Crippen LogP contribution in [-0.2, 0) is 9.53 Å². The van der Waals surface area contributed by atoms with Crippen molar-refractivity contribution in [1.29, 1.82) is 0 Å². The second kappa shape index (κ2) is 7.75. The first-order chi connectivity index (χ1) is 9.53. The molecule has 0 spiro atoms. The lowest BCUT2D eigenvalue weighted by Crippen LogP contribution is -2.28. The smallest absolute Gasteiger partial charge is 0.404 e. The number of thioether (sulfide) groups is 1. The van der Waals surface area contributed by atoms with Gasteiger partial charge < -0.3 is 4.74 Å². The molecule has 2 amide bonds. The van der Waals surface area contributed by atoms with Crippen LogP contribution < -0.4 is 0 Å². The highest BCUT2D eigenvalue weighted by atomic mass is 32.2. The molecule has 1 aliphatic heterocycles. The van der Waals surface area contributed by atoms with Crippen LogP contribution in [0.25, 0.3) is 0 Å². The summed E-state index contributed by atoms with van der Waals surface area (Å²) in [5.41, 5.74) is 0.759. The van der Waals surface area contributed by atoms with Gasteiger partial charge in [0.1, 0.15) is 0 Å². The van der Waals surface area contributed by atoms with Crippen LogP contribution in [0.4, 0.5) is 4.79 Å². The highest BCUT2D eigenvalue weighted by Gasteiger charge is 2.35. The van der Waals surface area contributed by atoms with Crippen molar-refractivity contribution < 1.29 is 14.3 Å². The van der Waals surface area contributed by atoms with Crippen LogP contribution >= 0.6 is 11.8 Å². The molecule has 5 heteroatoms. The number of carbonyl (C=O) groups is 2. The third kappa shape index (κ3) is 4.13. The number of hydrogen-bond acceptors (Lipinski definition) is 4. The molecule has 1 heterocycles. The molecule has 0 N–H and O–H groups in total. The monoisotopic (exact) mass is 293 g/mol. The summed E-state index contributed by atoms with van der Waals surface area (Å²) in [7, 11) is 0. The molecule has 0 aromatic rings. The van der Waals surface area contributed by atoms with Crippen molar-refractivity contribution in [3.05, 3.63) is 48.3 Å². The van der Waals surface area contributed by atoms with Crippen LogP contribution in [0.1, 0.15) is 13.8 Å². The first kappa shape index (κ1) is 16.3. The molecule has 0 radical (unpaired) electrons. The van der Waals surface area contributed by atoms with Crippen molar-refractivity contribution in [3.63, 3.8) is 0 Å². The van der Waals surface area contributed by atoms with Gasteiger partial charge in [0.25, 0.3) is 5.91 Å². The minimum atomic E-state index is -0.622. The van der Waals surface area contributed by atoms with Crippen LogP contribution in [0.2, 0.25) is 0 Å². The molecular formula is C15H19NO3S. The van der Waals surface area contributed by atoms with Gasteiger partial charge in [-0.05, 0) is 31.8 Å². The van der Waals surface area contributed by atoms with Crippen molar-refractivity contribution in [2.24, 2.45) is 0 Å². The van der Waals surface area contributed by atoms with Gasteiger partial charge in [0.15, 0.2) is 5.76 Å². The van der Waals surface area contributed by atoms with Crippen LogP contribution in [0.15, 0.2) is 48.3 Å². The van der Waals surface area contributed by atoms with Crippen LogP contribution in [0, 0.1) is 0 Å². The quantitative estimate of drug-likeness (QED) is 0.557. The first-order valence-corrected chi connectivity index (χ1v) is 7.61. The Morgan fingerprint density at radius 2 is 2.20 bits per heavy atom. The summed E-state index contributed by atoms with van der Waals surface area (Å²) in [6, 6.07) is 0. The SMILES string of the molecule is C=C/C=C(\C=C/C(C)SC)/C=C1/OC(=O)N(CC)C1=O. The van der Waals surface area contributed by atoms with Gasteiger partial charge in [0.05, 0.1) is 0 Å². The number of hydrogen-bond donors (Lipinski definition) is 0. The molecule has 1 unspecified atom stereocenters. The molecule has 1 saturated heterocycles. The van der Waals surface area contributed by atoms with Gasteiger partial charge in [-0.25, -0.2) is 9.69 Å². The van der Waals surface area contributed by atoms with Gasteiger partial charge in [0.2, 0.25) is 0 Å². The topological polar surface area (TPSA) is 46.6 Å². The largest absolute Gasteiger partial charge is 0.422 e. The number of carbonyl (C=O) groups excluding carboxylic acids is 2. The second-order valence-electron chi connectivity index (χ2n) is 4.13. The molecule has 1 aliphatic rings. The van der Waals surface area contributed by atoms with Crippen molar-refractivity contribution in [3.8, 4) is 0 Å². The Balaban J connectivity index is 2.96. The fourth-order valence-electron chi connectivity index (χ4n) is 1.54. The average molecular weight is 293 g/mol. The maximum atomic E-state index is 11.9. The Labute approximate surface area is 123 Å². The number of nitrogens with zero attached hydrogens (tertiary/aromatic N) is 1. The maximum Gasteiger partial charge on any atom is 0.422 e. The van der Waals surface area contributed by atoms with E-state index in [0.29, 0.717) is 11.8 Å². The van der Waals surface area contributed by atoms with Gasteiger partial charge in [-0.2, -0.15) is 11.8 Å². The van der Waals surface area contributed by atoms with Gasteiger partial charge in [-0.15, -0.1) is 0 Å². The normalized spacial score (nSPS) is 19.9. The van der Waals surface area contributed by atoms with E-state index in [-0.39, 0.29) is 5.76 Å². The predicted octanol–water partition coefficient (Wildman–Crippen LogP) is 3.29. The maximum absolute atomic E-state index is 11.9. The Bertz CT molecular complexity index is 491. The summed E-state index contributed by atoms with van der Waals surface area (Å²) in [6.07, 6.45) is 10.2. The molecule has 0 aromatic heterocycles. The van der Waals surface area contributed by atoms with Crippen molar-refractivity contribution in [2.45, 2.75) is 19.1 Å². The summed E-state index contributed by atoms with van der Waals surface area (Å²) >= 11 is 1.71. The summed E-state index contributed by atoms with van der Waals surface area (Å²) in [4.78, 5) is 24.4. The molecule has 20 heavy (non-hydrogen) atoms. The standard InChI is InChI=1S/C15H19NO3S/c1-5-7-12(9-8-11(3)20-4)10-13-14(17)16(6-2)15(18)19-13/h5,7-11H,1,6H2,2-4H3/b9-8-,12-7+,13-10+. The van der Waals surface area contributed by atoms with E-state index in [0.717, 1.165) is 10.5 Å². The third-order valence-corrected chi connectivity index (χ3v) is 3.63.